The van der Waals surface area contributed by atoms with Gasteiger partial charge in [0, 0.05) is 24.3 Å². The lowest BCUT2D eigenvalue weighted by molar-refractivity contribution is -0.126. The second kappa shape index (κ2) is 12.2. The molecule has 2 fully saturated rings. The molecule has 2 aliphatic rings. The molecule has 1 saturated carbocycles. The van der Waals surface area contributed by atoms with Gasteiger partial charge in [-0.15, -0.1) is 10.2 Å². The predicted octanol–water partition coefficient (Wildman–Crippen LogP) is 4.86. The lowest BCUT2D eigenvalue weighted by atomic mass is 9.86. The predicted molar refractivity (Wildman–Crippen MR) is 133 cm³/mol. The monoisotopic (exact) mass is 508 g/mol. The van der Waals surface area contributed by atoms with Crippen LogP contribution in [0.3, 0.4) is 0 Å². The molecule has 1 aromatic heterocycles. The SMILES string of the molecule is CC(C)Sc1nnc(C(=O)C(NC(=O)C2CCCCCC2)C2CCN(C(=O)OC(C)(C)C)CC2)o1. The van der Waals surface area contributed by atoms with Gasteiger partial charge in [0.25, 0.3) is 11.1 Å². The van der Waals surface area contributed by atoms with Gasteiger partial charge in [0.15, 0.2) is 0 Å². The Morgan fingerprint density at radius 2 is 1.66 bits per heavy atom. The van der Waals surface area contributed by atoms with Crippen molar-refractivity contribution in [2.45, 2.75) is 108 Å². The number of rotatable bonds is 7. The van der Waals surface area contributed by atoms with E-state index in [1.807, 2.05) is 34.6 Å². The normalized spacial score (nSPS) is 19.3. The molecule has 1 unspecified atom stereocenters. The average Bonchev–Trinajstić information content (AvgIpc) is 3.07. The number of amides is 2. The van der Waals surface area contributed by atoms with E-state index < -0.39 is 11.6 Å². The minimum Gasteiger partial charge on any atom is -0.444 e. The molecular formula is C25H40N4O5S. The number of hydrogen-bond donors (Lipinski definition) is 1. The molecule has 1 aliphatic heterocycles. The third kappa shape index (κ3) is 8.22. The van der Waals surface area contributed by atoms with Crippen molar-refractivity contribution >= 4 is 29.5 Å². The van der Waals surface area contributed by atoms with Gasteiger partial charge in [-0.05, 0) is 52.4 Å². The molecule has 0 bridgehead atoms. The second-order valence-corrected chi connectivity index (χ2v) is 12.4. The van der Waals surface area contributed by atoms with Crippen LogP contribution in [0.5, 0.6) is 0 Å². The van der Waals surface area contributed by atoms with Crippen molar-refractivity contribution in [1.82, 2.24) is 20.4 Å². The third-order valence-electron chi connectivity index (χ3n) is 6.42. The van der Waals surface area contributed by atoms with Crippen molar-refractivity contribution in [1.29, 1.82) is 0 Å². The van der Waals surface area contributed by atoms with E-state index in [9.17, 15) is 14.4 Å². The Balaban J connectivity index is 1.72. The van der Waals surface area contributed by atoms with Crippen LogP contribution in [0.25, 0.3) is 0 Å². The summed E-state index contributed by atoms with van der Waals surface area (Å²) in [6.07, 6.45) is 6.84. The van der Waals surface area contributed by atoms with Gasteiger partial charge >= 0.3 is 6.09 Å². The molecule has 9 nitrogen and oxygen atoms in total. The fourth-order valence-corrected chi connectivity index (χ4v) is 5.26. The van der Waals surface area contributed by atoms with Gasteiger partial charge in [0.2, 0.25) is 11.7 Å². The molecule has 1 aromatic rings. The molecular weight excluding hydrogens is 468 g/mol. The number of hydrogen-bond acceptors (Lipinski definition) is 8. The number of carbonyl (C=O) groups excluding carboxylic acids is 3. The summed E-state index contributed by atoms with van der Waals surface area (Å²) in [5.74, 6) is -0.718. The van der Waals surface area contributed by atoms with E-state index in [0.717, 1.165) is 38.5 Å². The minimum absolute atomic E-state index is 0.0730. The molecule has 10 heteroatoms. The number of Topliss-reactive ketones (excluding diaryl/α,β-unsaturated/α-hetero) is 1. The number of carbonyl (C=O) groups is 3. The third-order valence-corrected chi connectivity index (χ3v) is 7.26. The van der Waals surface area contributed by atoms with Gasteiger partial charge in [0.05, 0.1) is 0 Å². The van der Waals surface area contributed by atoms with Crippen LogP contribution in [0.1, 0.15) is 96.7 Å². The Bertz CT molecular complexity index is 865. The molecule has 1 N–H and O–H groups in total. The van der Waals surface area contributed by atoms with Crippen LogP contribution >= 0.6 is 11.8 Å². The van der Waals surface area contributed by atoms with Gasteiger partial charge in [0.1, 0.15) is 11.6 Å². The van der Waals surface area contributed by atoms with Gasteiger partial charge in [-0.3, -0.25) is 9.59 Å². The van der Waals surface area contributed by atoms with Crippen molar-refractivity contribution in [2.75, 3.05) is 13.1 Å². The summed E-state index contributed by atoms with van der Waals surface area (Å²) in [6, 6.07) is -0.760. The molecule has 1 aliphatic carbocycles. The molecule has 0 radical (unpaired) electrons. The zero-order valence-electron chi connectivity index (χ0n) is 21.7. The van der Waals surface area contributed by atoms with E-state index in [1.165, 1.54) is 11.8 Å². The lowest BCUT2D eigenvalue weighted by Gasteiger charge is -2.36. The summed E-state index contributed by atoms with van der Waals surface area (Å²) in [6.45, 7) is 10.4. The zero-order valence-corrected chi connectivity index (χ0v) is 22.5. The Morgan fingerprint density at radius 1 is 1.03 bits per heavy atom. The number of aromatic nitrogens is 2. The Labute approximate surface area is 212 Å². The number of piperidine rings is 1. The quantitative estimate of drug-likeness (QED) is 0.316. The molecule has 0 aromatic carbocycles. The van der Waals surface area contributed by atoms with E-state index >= 15 is 0 Å². The Kier molecular flexibility index (Phi) is 9.61. The van der Waals surface area contributed by atoms with E-state index in [0.29, 0.717) is 31.2 Å². The maximum atomic E-state index is 13.5. The summed E-state index contributed by atoms with van der Waals surface area (Å²) >= 11 is 1.39. The van der Waals surface area contributed by atoms with E-state index in [4.69, 9.17) is 9.15 Å². The molecule has 1 atom stereocenters. The Morgan fingerprint density at radius 3 is 2.23 bits per heavy atom. The summed E-state index contributed by atoms with van der Waals surface area (Å²) < 4.78 is 11.1. The molecule has 1 saturated heterocycles. The summed E-state index contributed by atoms with van der Waals surface area (Å²) in [4.78, 5) is 40.9. The summed E-state index contributed by atoms with van der Waals surface area (Å²) in [5, 5.41) is 11.6. The highest BCUT2D eigenvalue weighted by Crippen LogP contribution is 2.28. The van der Waals surface area contributed by atoms with Crippen molar-refractivity contribution in [2.24, 2.45) is 11.8 Å². The van der Waals surface area contributed by atoms with E-state index in [-0.39, 0.29) is 40.8 Å². The number of ketones is 1. The fraction of sp³-hybridized carbons (Fsp3) is 0.800. The van der Waals surface area contributed by atoms with Crippen molar-refractivity contribution in [3.63, 3.8) is 0 Å². The van der Waals surface area contributed by atoms with Crippen LogP contribution in [-0.4, -0.2) is 62.9 Å². The number of thioether (sulfide) groups is 1. The van der Waals surface area contributed by atoms with Crippen molar-refractivity contribution in [3.8, 4) is 0 Å². The van der Waals surface area contributed by atoms with Crippen LogP contribution in [0.15, 0.2) is 9.64 Å². The number of nitrogens with zero attached hydrogens (tertiary/aromatic N) is 3. The van der Waals surface area contributed by atoms with Crippen molar-refractivity contribution in [3.05, 3.63) is 5.89 Å². The molecule has 35 heavy (non-hydrogen) atoms. The van der Waals surface area contributed by atoms with Crippen molar-refractivity contribution < 1.29 is 23.5 Å². The number of ether oxygens (including phenoxy) is 1. The first-order valence-corrected chi connectivity index (χ1v) is 13.7. The zero-order chi connectivity index (χ0) is 25.6. The second-order valence-electron chi connectivity index (χ2n) is 10.9. The first-order chi connectivity index (χ1) is 16.5. The van der Waals surface area contributed by atoms with Crippen LogP contribution < -0.4 is 5.32 Å². The number of nitrogens with one attached hydrogen (secondary N) is 1. The average molecular weight is 509 g/mol. The maximum absolute atomic E-state index is 13.5. The molecule has 2 heterocycles. The highest BCUT2D eigenvalue weighted by Gasteiger charge is 2.38. The van der Waals surface area contributed by atoms with Gasteiger partial charge < -0.3 is 19.4 Å². The van der Waals surface area contributed by atoms with Crippen LogP contribution in [0.4, 0.5) is 4.79 Å². The summed E-state index contributed by atoms with van der Waals surface area (Å²) in [7, 11) is 0. The lowest BCUT2D eigenvalue weighted by Crippen LogP contribution is -2.52. The van der Waals surface area contributed by atoms with Crippen LogP contribution in [0, 0.1) is 11.8 Å². The fourth-order valence-electron chi connectivity index (χ4n) is 4.64. The maximum Gasteiger partial charge on any atom is 0.410 e. The highest BCUT2D eigenvalue weighted by atomic mass is 32.2. The van der Waals surface area contributed by atoms with Gasteiger partial charge in [-0.25, -0.2) is 4.79 Å². The minimum atomic E-state index is -0.760. The first-order valence-electron chi connectivity index (χ1n) is 12.9. The smallest absolute Gasteiger partial charge is 0.410 e. The highest BCUT2D eigenvalue weighted by molar-refractivity contribution is 7.99. The molecule has 196 valence electrons. The van der Waals surface area contributed by atoms with E-state index in [2.05, 4.69) is 15.5 Å². The standard InChI is InChI=1S/C25H40N4O5S/c1-16(2)35-23-28-27-22(33-23)20(30)19(26-21(31)18-10-8-6-7-9-11-18)17-12-14-29(15-13-17)24(32)34-25(3,4)5/h16-19H,6-15H2,1-5H3,(H,26,31). The molecule has 0 spiro atoms. The first kappa shape index (κ1) is 27.5. The molecule has 2 amide bonds. The van der Waals surface area contributed by atoms with Gasteiger partial charge in [-0.1, -0.05) is 51.3 Å². The van der Waals surface area contributed by atoms with E-state index in [1.54, 1.807) is 4.90 Å². The topological polar surface area (TPSA) is 115 Å². The summed E-state index contributed by atoms with van der Waals surface area (Å²) in [5.41, 5.74) is -0.567. The number of likely N-dealkylation sites (tertiary alicyclic amines) is 1. The molecule has 3 rings (SSSR count). The van der Waals surface area contributed by atoms with Crippen LogP contribution in [0.2, 0.25) is 0 Å². The largest absolute Gasteiger partial charge is 0.444 e. The van der Waals surface area contributed by atoms with Gasteiger partial charge in [-0.2, -0.15) is 0 Å². The van der Waals surface area contributed by atoms with Crippen LogP contribution in [-0.2, 0) is 9.53 Å². The Hall–Kier alpha value is -2.10.